The molecule has 17 heavy (non-hydrogen) atoms. The van der Waals surface area contributed by atoms with Gasteiger partial charge in [-0.1, -0.05) is 63.8 Å². The van der Waals surface area contributed by atoms with E-state index in [2.05, 4.69) is 38.2 Å². The topological polar surface area (TPSA) is 0 Å². The predicted octanol–water partition coefficient (Wildman–Crippen LogP) is 6.24. The second-order valence-corrected chi connectivity index (χ2v) is 4.72. The molecule has 0 aliphatic carbocycles. The predicted molar refractivity (Wildman–Crippen MR) is 80.1 cm³/mol. The van der Waals surface area contributed by atoms with Crippen molar-refractivity contribution in [1.29, 1.82) is 0 Å². The normalized spacial score (nSPS) is 11.9. The SMILES string of the molecule is [CH2]CCC=CCCCCCCCC=CCCC. The number of unbranched alkanes of at least 4 members (excludes halogenated alkanes) is 8. The summed E-state index contributed by atoms with van der Waals surface area (Å²) in [6.45, 7) is 6.06. The van der Waals surface area contributed by atoms with E-state index in [0.717, 1.165) is 12.8 Å². The van der Waals surface area contributed by atoms with Crippen molar-refractivity contribution in [1.82, 2.24) is 0 Å². The van der Waals surface area contributed by atoms with Crippen LogP contribution in [-0.2, 0) is 0 Å². The van der Waals surface area contributed by atoms with Crippen molar-refractivity contribution in [3.63, 3.8) is 0 Å². The lowest BCUT2D eigenvalue weighted by Gasteiger charge is -1.98. The van der Waals surface area contributed by atoms with Gasteiger partial charge in [0.05, 0.1) is 0 Å². The smallest absolute Gasteiger partial charge is 0.0351 e. The Morgan fingerprint density at radius 3 is 1.65 bits per heavy atom. The number of rotatable bonds is 12. The molecule has 0 saturated heterocycles. The van der Waals surface area contributed by atoms with Gasteiger partial charge >= 0.3 is 0 Å². The average Bonchev–Trinajstić information content (AvgIpc) is 2.35. The van der Waals surface area contributed by atoms with E-state index in [1.807, 2.05) is 0 Å². The second kappa shape index (κ2) is 15.5. The summed E-state index contributed by atoms with van der Waals surface area (Å²) in [5.74, 6) is 0. The van der Waals surface area contributed by atoms with Gasteiger partial charge in [-0.2, -0.15) is 0 Å². The molecule has 0 aromatic carbocycles. The molecule has 0 aromatic heterocycles. The molecule has 0 aliphatic rings. The van der Waals surface area contributed by atoms with Crippen LogP contribution in [-0.4, -0.2) is 0 Å². The Hall–Kier alpha value is -0.520. The van der Waals surface area contributed by atoms with E-state index in [1.165, 1.54) is 57.8 Å². The largest absolute Gasteiger partial charge is 0.0885 e. The third kappa shape index (κ3) is 15.5. The number of allylic oxidation sites excluding steroid dienone is 4. The molecule has 0 unspecified atom stereocenters. The van der Waals surface area contributed by atoms with Crippen LogP contribution in [0.15, 0.2) is 24.3 Å². The molecule has 0 saturated carbocycles. The molecular weight excluding hydrogens is 204 g/mol. The van der Waals surface area contributed by atoms with E-state index in [9.17, 15) is 0 Å². The van der Waals surface area contributed by atoms with Gasteiger partial charge in [-0.15, -0.1) is 0 Å². The Morgan fingerprint density at radius 1 is 0.647 bits per heavy atom. The van der Waals surface area contributed by atoms with Gasteiger partial charge in [-0.05, 0) is 44.9 Å². The van der Waals surface area contributed by atoms with Crippen molar-refractivity contribution < 1.29 is 0 Å². The molecule has 0 spiro atoms. The first-order valence-electron chi connectivity index (χ1n) is 7.51. The fraction of sp³-hybridized carbons (Fsp3) is 0.706. The van der Waals surface area contributed by atoms with Gasteiger partial charge in [0.2, 0.25) is 0 Å². The summed E-state index contributed by atoms with van der Waals surface area (Å²) < 4.78 is 0. The molecule has 0 N–H and O–H groups in total. The Bertz CT molecular complexity index is 156. The van der Waals surface area contributed by atoms with Crippen molar-refractivity contribution in [3.05, 3.63) is 31.2 Å². The van der Waals surface area contributed by atoms with E-state index in [4.69, 9.17) is 0 Å². The molecule has 0 fully saturated rings. The second-order valence-electron chi connectivity index (χ2n) is 4.72. The summed E-state index contributed by atoms with van der Waals surface area (Å²) >= 11 is 0. The van der Waals surface area contributed by atoms with Crippen molar-refractivity contribution in [2.24, 2.45) is 0 Å². The highest BCUT2D eigenvalue weighted by Crippen LogP contribution is 2.08. The quantitative estimate of drug-likeness (QED) is 0.277. The molecule has 99 valence electrons. The number of hydrogen-bond acceptors (Lipinski definition) is 0. The summed E-state index contributed by atoms with van der Waals surface area (Å²) in [6, 6.07) is 0. The van der Waals surface area contributed by atoms with Crippen molar-refractivity contribution >= 4 is 0 Å². The highest BCUT2D eigenvalue weighted by atomic mass is 13.9. The molecule has 0 amide bonds. The van der Waals surface area contributed by atoms with E-state index in [-0.39, 0.29) is 0 Å². The highest BCUT2D eigenvalue weighted by Gasteiger charge is 1.88. The molecule has 1 radical (unpaired) electrons. The molecule has 0 rings (SSSR count). The van der Waals surface area contributed by atoms with E-state index in [1.54, 1.807) is 0 Å². The molecular formula is C17H31. The summed E-state index contributed by atoms with van der Waals surface area (Å²) in [7, 11) is 0. The Kier molecular flexibility index (Phi) is 15.0. The first kappa shape index (κ1) is 16.5. The Labute approximate surface area is 109 Å². The molecule has 0 aromatic rings. The molecule has 0 heterocycles. The van der Waals surface area contributed by atoms with Crippen molar-refractivity contribution in [2.45, 2.75) is 77.6 Å². The lowest BCUT2D eigenvalue weighted by molar-refractivity contribution is 0.621. The standard InChI is InChI=1S/C17H31/c1-3-5-7-9-11-13-15-17-16-14-12-10-8-6-4-2/h7-10H,1,3-6,11-17H2,2H3. The molecule has 0 bridgehead atoms. The van der Waals surface area contributed by atoms with Gasteiger partial charge in [0.15, 0.2) is 0 Å². The highest BCUT2D eigenvalue weighted by molar-refractivity contribution is 4.82. The summed E-state index contributed by atoms with van der Waals surface area (Å²) in [6.07, 6.45) is 23.4. The van der Waals surface area contributed by atoms with Gasteiger partial charge in [0, 0.05) is 0 Å². The number of hydrogen-bond donors (Lipinski definition) is 0. The maximum Gasteiger partial charge on any atom is -0.0351 e. The minimum Gasteiger partial charge on any atom is -0.0885 e. The fourth-order valence-corrected chi connectivity index (χ4v) is 1.81. The zero-order chi connectivity index (χ0) is 12.6. The zero-order valence-electron chi connectivity index (χ0n) is 11.8. The summed E-state index contributed by atoms with van der Waals surface area (Å²) in [5.41, 5.74) is 0. The first-order valence-corrected chi connectivity index (χ1v) is 7.51. The van der Waals surface area contributed by atoms with E-state index in [0.29, 0.717) is 0 Å². The van der Waals surface area contributed by atoms with Crippen LogP contribution in [0.5, 0.6) is 0 Å². The monoisotopic (exact) mass is 235 g/mol. The first-order chi connectivity index (χ1) is 8.41. The van der Waals surface area contributed by atoms with Crippen LogP contribution >= 0.6 is 0 Å². The van der Waals surface area contributed by atoms with Gasteiger partial charge in [0.25, 0.3) is 0 Å². The van der Waals surface area contributed by atoms with Crippen LogP contribution in [0.4, 0.5) is 0 Å². The van der Waals surface area contributed by atoms with Gasteiger partial charge in [0.1, 0.15) is 0 Å². The molecule has 0 nitrogen and oxygen atoms in total. The van der Waals surface area contributed by atoms with Crippen LogP contribution in [0.1, 0.15) is 77.6 Å². The van der Waals surface area contributed by atoms with Crippen LogP contribution < -0.4 is 0 Å². The molecule has 0 aliphatic heterocycles. The lowest BCUT2D eigenvalue weighted by atomic mass is 10.1. The molecule has 0 heteroatoms. The maximum atomic E-state index is 3.82. The van der Waals surface area contributed by atoms with Gasteiger partial charge in [-0.3, -0.25) is 0 Å². The third-order valence-electron chi connectivity index (χ3n) is 2.90. The fourth-order valence-electron chi connectivity index (χ4n) is 1.81. The van der Waals surface area contributed by atoms with Gasteiger partial charge < -0.3 is 0 Å². The van der Waals surface area contributed by atoms with Crippen molar-refractivity contribution in [2.75, 3.05) is 0 Å². The van der Waals surface area contributed by atoms with Crippen LogP contribution in [0.25, 0.3) is 0 Å². The van der Waals surface area contributed by atoms with Crippen LogP contribution in [0.3, 0.4) is 0 Å². The Morgan fingerprint density at radius 2 is 1.12 bits per heavy atom. The minimum atomic E-state index is 1.03. The summed E-state index contributed by atoms with van der Waals surface area (Å²) in [4.78, 5) is 0. The van der Waals surface area contributed by atoms with Crippen molar-refractivity contribution in [3.8, 4) is 0 Å². The van der Waals surface area contributed by atoms with Crippen LogP contribution in [0.2, 0.25) is 0 Å². The average molecular weight is 235 g/mol. The third-order valence-corrected chi connectivity index (χ3v) is 2.90. The molecule has 0 atom stereocenters. The minimum absolute atomic E-state index is 1.03. The van der Waals surface area contributed by atoms with Gasteiger partial charge in [-0.25, -0.2) is 0 Å². The van der Waals surface area contributed by atoms with E-state index >= 15 is 0 Å². The van der Waals surface area contributed by atoms with E-state index < -0.39 is 0 Å². The maximum absolute atomic E-state index is 3.82. The zero-order valence-corrected chi connectivity index (χ0v) is 11.8. The summed E-state index contributed by atoms with van der Waals surface area (Å²) in [5, 5.41) is 0. The lowest BCUT2D eigenvalue weighted by Crippen LogP contribution is -1.78. The van der Waals surface area contributed by atoms with Crippen LogP contribution in [0, 0.1) is 6.92 Å². The Balaban J connectivity index is 3.03.